The van der Waals surface area contributed by atoms with E-state index in [0.717, 1.165) is 11.8 Å². The summed E-state index contributed by atoms with van der Waals surface area (Å²) >= 11 is 3.12. The summed E-state index contributed by atoms with van der Waals surface area (Å²) in [5.41, 5.74) is 0. The third-order valence-corrected chi connectivity index (χ3v) is 2.13. The van der Waals surface area contributed by atoms with Gasteiger partial charge in [-0.1, -0.05) is 15.9 Å². The van der Waals surface area contributed by atoms with Crippen LogP contribution in [0.4, 0.5) is 0 Å². The molecule has 0 fully saturated rings. The van der Waals surface area contributed by atoms with E-state index in [4.69, 9.17) is 0 Å². The van der Waals surface area contributed by atoms with Crippen molar-refractivity contribution in [3.05, 3.63) is 0 Å². The third-order valence-electron chi connectivity index (χ3n) is 0.778. The van der Waals surface area contributed by atoms with Crippen LogP contribution in [0, 0.1) is 0 Å². The van der Waals surface area contributed by atoms with E-state index in [1.165, 1.54) is 0 Å². The average Bonchev–Trinajstić information content (AvgIpc) is 1.63. The number of halogens is 1. The van der Waals surface area contributed by atoms with Gasteiger partial charge in [0.2, 0.25) is 0 Å². The fraction of sp³-hybridized carbons (Fsp3) is 1.00. The normalized spacial score (nSPS) is 11.8. The summed E-state index contributed by atoms with van der Waals surface area (Å²) in [4.78, 5) is 0. The molecule has 0 N–H and O–H groups in total. The van der Waals surface area contributed by atoms with Gasteiger partial charge in [-0.3, -0.25) is 0 Å². The Hall–Kier alpha value is 0.390. The van der Waals surface area contributed by atoms with Crippen molar-refractivity contribution in [2.24, 2.45) is 0 Å². The van der Waals surface area contributed by atoms with Gasteiger partial charge in [0.05, 0.1) is 10.1 Å². The second-order valence-electron chi connectivity index (χ2n) is 1.66. The van der Waals surface area contributed by atoms with Crippen molar-refractivity contribution in [2.45, 2.75) is 12.8 Å². The van der Waals surface area contributed by atoms with Crippen molar-refractivity contribution in [3.63, 3.8) is 0 Å². The van der Waals surface area contributed by atoms with Gasteiger partial charge in [0, 0.05) is 11.1 Å². The molecule has 56 valence electrons. The molecule has 0 amide bonds. The average molecular weight is 216 g/mol. The summed E-state index contributed by atoms with van der Waals surface area (Å²) in [5.74, 6) is -0.238. The molecule has 0 unspecified atom stereocenters. The Balaban J connectivity index is 3.30. The number of rotatable bonds is 4. The van der Waals surface area contributed by atoms with E-state index in [-0.39, 0.29) is 5.75 Å². The second kappa shape index (κ2) is 4.24. The Morgan fingerprint density at radius 2 is 1.89 bits per heavy atom. The SMILES string of the molecule is O=S(=O)([O-])CCCCBr. The summed E-state index contributed by atoms with van der Waals surface area (Å²) in [5, 5.41) is 0.752. The topological polar surface area (TPSA) is 57.2 Å². The quantitative estimate of drug-likeness (QED) is 0.395. The van der Waals surface area contributed by atoms with Crippen molar-refractivity contribution < 1.29 is 13.0 Å². The van der Waals surface area contributed by atoms with Crippen LogP contribution < -0.4 is 0 Å². The minimum absolute atomic E-state index is 0.238. The first kappa shape index (κ1) is 9.39. The van der Waals surface area contributed by atoms with Gasteiger partial charge >= 0.3 is 0 Å². The molecule has 3 nitrogen and oxygen atoms in total. The predicted octanol–water partition coefficient (Wildman–Crippen LogP) is 0.707. The van der Waals surface area contributed by atoms with E-state index in [2.05, 4.69) is 15.9 Å². The van der Waals surface area contributed by atoms with E-state index in [9.17, 15) is 13.0 Å². The van der Waals surface area contributed by atoms with E-state index < -0.39 is 10.1 Å². The zero-order chi connectivity index (χ0) is 7.33. The minimum Gasteiger partial charge on any atom is -0.748 e. The maximum absolute atomic E-state index is 9.94. The van der Waals surface area contributed by atoms with Gasteiger partial charge in [-0.05, 0) is 12.8 Å². The van der Waals surface area contributed by atoms with Gasteiger partial charge in [0.1, 0.15) is 0 Å². The van der Waals surface area contributed by atoms with E-state index >= 15 is 0 Å². The first-order chi connectivity index (χ1) is 4.06. The lowest BCUT2D eigenvalue weighted by Crippen LogP contribution is -2.03. The van der Waals surface area contributed by atoms with E-state index in [1.807, 2.05) is 0 Å². The highest BCUT2D eigenvalue weighted by atomic mass is 79.9. The number of hydrogen-bond donors (Lipinski definition) is 0. The largest absolute Gasteiger partial charge is 0.748 e. The van der Waals surface area contributed by atoms with Crippen LogP contribution in [-0.4, -0.2) is 24.1 Å². The standard InChI is InChI=1S/C4H9BrO3S/c5-3-1-2-4-9(6,7)8/h1-4H2,(H,6,7,8)/p-1. The predicted molar refractivity (Wildman–Crippen MR) is 37.6 cm³/mol. The lowest BCUT2D eigenvalue weighted by atomic mass is 10.4. The molecule has 0 atom stereocenters. The van der Waals surface area contributed by atoms with Gasteiger partial charge in [-0.2, -0.15) is 0 Å². The van der Waals surface area contributed by atoms with Gasteiger partial charge in [-0.25, -0.2) is 8.42 Å². The van der Waals surface area contributed by atoms with Crippen molar-refractivity contribution in [1.82, 2.24) is 0 Å². The number of hydrogen-bond acceptors (Lipinski definition) is 3. The van der Waals surface area contributed by atoms with Crippen LogP contribution in [0.2, 0.25) is 0 Å². The van der Waals surface area contributed by atoms with Crippen LogP contribution in [0.1, 0.15) is 12.8 Å². The molecule has 0 bridgehead atoms. The molecule has 0 aromatic carbocycles. The van der Waals surface area contributed by atoms with Crippen molar-refractivity contribution in [3.8, 4) is 0 Å². The third kappa shape index (κ3) is 8.39. The molecule has 0 radical (unpaired) electrons. The minimum atomic E-state index is -3.97. The van der Waals surface area contributed by atoms with Gasteiger partial charge in [-0.15, -0.1) is 0 Å². The molecule has 0 saturated heterocycles. The van der Waals surface area contributed by atoms with Crippen molar-refractivity contribution in [1.29, 1.82) is 0 Å². The molecular formula is C4H8BrO3S-. The first-order valence-electron chi connectivity index (χ1n) is 2.56. The van der Waals surface area contributed by atoms with E-state index in [1.54, 1.807) is 0 Å². The Bertz CT molecular complexity index is 151. The zero-order valence-corrected chi connectivity index (χ0v) is 7.24. The smallest absolute Gasteiger partial charge is 0.0945 e. The van der Waals surface area contributed by atoms with Crippen LogP contribution in [0.5, 0.6) is 0 Å². The Kier molecular flexibility index (Phi) is 4.43. The van der Waals surface area contributed by atoms with Crippen LogP contribution >= 0.6 is 15.9 Å². The van der Waals surface area contributed by atoms with Crippen LogP contribution in [0.15, 0.2) is 0 Å². The Morgan fingerprint density at radius 1 is 1.33 bits per heavy atom. The first-order valence-corrected chi connectivity index (χ1v) is 5.25. The maximum Gasteiger partial charge on any atom is 0.0945 e. The van der Waals surface area contributed by atoms with Crippen LogP contribution in [-0.2, 0) is 10.1 Å². The van der Waals surface area contributed by atoms with Crippen molar-refractivity contribution >= 4 is 26.0 Å². The fourth-order valence-corrected chi connectivity index (χ4v) is 1.33. The molecule has 0 saturated carbocycles. The zero-order valence-electron chi connectivity index (χ0n) is 4.84. The molecule has 9 heavy (non-hydrogen) atoms. The molecule has 0 rings (SSSR count). The molecule has 5 heteroatoms. The monoisotopic (exact) mass is 215 g/mol. The van der Waals surface area contributed by atoms with E-state index in [0.29, 0.717) is 6.42 Å². The molecule has 0 heterocycles. The summed E-state index contributed by atoms with van der Waals surface area (Å²) in [6.07, 6.45) is 1.19. The summed E-state index contributed by atoms with van der Waals surface area (Å²) < 4.78 is 29.8. The molecule has 0 aliphatic carbocycles. The molecule has 0 spiro atoms. The van der Waals surface area contributed by atoms with Crippen LogP contribution in [0.3, 0.4) is 0 Å². The number of unbranched alkanes of at least 4 members (excludes halogenated alkanes) is 1. The molecule has 0 aromatic heterocycles. The second-order valence-corrected chi connectivity index (χ2v) is 3.97. The highest BCUT2D eigenvalue weighted by Crippen LogP contribution is 1.96. The fourth-order valence-electron chi connectivity index (χ4n) is 0.373. The Morgan fingerprint density at radius 3 is 2.22 bits per heavy atom. The summed E-state index contributed by atoms with van der Waals surface area (Å²) in [7, 11) is -3.97. The lowest BCUT2D eigenvalue weighted by Gasteiger charge is -2.03. The summed E-state index contributed by atoms with van der Waals surface area (Å²) in [6.45, 7) is 0. The highest BCUT2D eigenvalue weighted by Gasteiger charge is 1.92. The highest BCUT2D eigenvalue weighted by molar-refractivity contribution is 9.09. The van der Waals surface area contributed by atoms with Crippen molar-refractivity contribution in [2.75, 3.05) is 11.1 Å². The molecule has 0 aromatic rings. The summed E-state index contributed by atoms with van der Waals surface area (Å²) in [6, 6.07) is 0. The molecule has 0 aliphatic heterocycles. The molecular weight excluding hydrogens is 208 g/mol. The Labute approximate surface area is 63.3 Å². The number of alkyl halides is 1. The van der Waals surface area contributed by atoms with Crippen LogP contribution in [0.25, 0.3) is 0 Å². The van der Waals surface area contributed by atoms with Gasteiger partial charge in [0.15, 0.2) is 0 Å². The molecule has 0 aliphatic rings. The maximum atomic E-state index is 9.94. The van der Waals surface area contributed by atoms with Gasteiger partial charge < -0.3 is 4.55 Å². The lowest BCUT2D eigenvalue weighted by molar-refractivity contribution is 0.461. The van der Waals surface area contributed by atoms with Gasteiger partial charge in [0.25, 0.3) is 0 Å².